The smallest absolute Gasteiger partial charge is 0.301 e. The first-order valence-corrected chi connectivity index (χ1v) is 13.1. The molecule has 0 aliphatic rings. The van der Waals surface area contributed by atoms with E-state index in [1.165, 1.54) is 34.3 Å². The SMILES string of the molecule is CCN(Cc1ccc(Cl)cc1)S(=O)(=O)c1ccc(OC)cc1N=Nc1c(N)[nH]n(-c2ccccc2)c1=O. The van der Waals surface area contributed by atoms with Gasteiger partial charge < -0.3 is 10.5 Å². The fraction of sp³-hybridized carbons (Fsp3) is 0.160. The maximum atomic E-state index is 13.7. The van der Waals surface area contributed by atoms with E-state index < -0.39 is 15.6 Å². The van der Waals surface area contributed by atoms with Gasteiger partial charge in [0.25, 0.3) is 0 Å². The number of aromatic amines is 1. The highest BCUT2D eigenvalue weighted by molar-refractivity contribution is 7.89. The molecule has 0 amide bonds. The van der Waals surface area contributed by atoms with Gasteiger partial charge in [0.05, 0.1) is 12.8 Å². The van der Waals surface area contributed by atoms with E-state index in [2.05, 4.69) is 15.3 Å². The Morgan fingerprint density at radius 2 is 1.76 bits per heavy atom. The van der Waals surface area contributed by atoms with E-state index in [4.69, 9.17) is 22.1 Å². The van der Waals surface area contributed by atoms with E-state index in [9.17, 15) is 13.2 Å². The van der Waals surface area contributed by atoms with E-state index in [-0.39, 0.29) is 35.2 Å². The van der Waals surface area contributed by atoms with Gasteiger partial charge in [0.15, 0.2) is 5.69 Å². The number of nitrogen functional groups attached to an aromatic ring is 1. The summed E-state index contributed by atoms with van der Waals surface area (Å²) >= 11 is 5.96. The Hall–Kier alpha value is -3.93. The Morgan fingerprint density at radius 1 is 1.05 bits per heavy atom. The van der Waals surface area contributed by atoms with Crippen LogP contribution in [0.1, 0.15) is 12.5 Å². The average molecular weight is 541 g/mol. The molecule has 0 atom stereocenters. The van der Waals surface area contributed by atoms with Gasteiger partial charge >= 0.3 is 5.56 Å². The molecule has 12 heteroatoms. The minimum absolute atomic E-state index is 0.000155. The molecule has 0 saturated heterocycles. The average Bonchev–Trinajstić information content (AvgIpc) is 3.19. The van der Waals surface area contributed by atoms with Crippen molar-refractivity contribution in [2.24, 2.45) is 10.2 Å². The van der Waals surface area contributed by atoms with E-state index in [1.54, 1.807) is 55.5 Å². The van der Waals surface area contributed by atoms with Gasteiger partial charge in [0, 0.05) is 24.2 Å². The Balaban J connectivity index is 1.73. The molecule has 4 aromatic rings. The predicted molar refractivity (Wildman–Crippen MR) is 143 cm³/mol. The van der Waals surface area contributed by atoms with Crippen LogP contribution in [0, 0.1) is 0 Å². The molecular formula is C25H25ClN6O4S. The van der Waals surface area contributed by atoms with E-state index in [0.717, 1.165) is 5.56 Å². The fourth-order valence-corrected chi connectivity index (χ4v) is 5.29. The molecule has 0 unspecified atom stereocenters. The minimum atomic E-state index is -4.01. The number of anilines is 1. The van der Waals surface area contributed by atoms with Crippen molar-refractivity contribution in [3.63, 3.8) is 0 Å². The number of nitrogens with one attached hydrogen (secondary N) is 1. The maximum absolute atomic E-state index is 13.7. The van der Waals surface area contributed by atoms with Gasteiger partial charge in [-0.3, -0.25) is 9.89 Å². The second-order valence-electron chi connectivity index (χ2n) is 7.94. The summed E-state index contributed by atoms with van der Waals surface area (Å²) in [6.07, 6.45) is 0. The molecule has 3 N–H and O–H groups in total. The summed E-state index contributed by atoms with van der Waals surface area (Å²) in [7, 11) is -2.56. The van der Waals surface area contributed by atoms with Crippen LogP contribution in [-0.2, 0) is 16.6 Å². The van der Waals surface area contributed by atoms with Crippen molar-refractivity contribution in [2.75, 3.05) is 19.4 Å². The third kappa shape index (κ3) is 5.58. The van der Waals surface area contributed by atoms with E-state index >= 15 is 0 Å². The monoisotopic (exact) mass is 540 g/mol. The number of azo groups is 1. The van der Waals surface area contributed by atoms with Crippen molar-refractivity contribution < 1.29 is 13.2 Å². The van der Waals surface area contributed by atoms with Crippen LogP contribution in [0.4, 0.5) is 17.2 Å². The molecule has 1 heterocycles. The zero-order chi connectivity index (χ0) is 26.6. The third-order valence-electron chi connectivity index (χ3n) is 5.57. The van der Waals surface area contributed by atoms with Crippen LogP contribution in [-0.4, -0.2) is 36.2 Å². The van der Waals surface area contributed by atoms with Crippen molar-refractivity contribution in [1.29, 1.82) is 0 Å². The lowest BCUT2D eigenvalue weighted by Crippen LogP contribution is -2.30. The van der Waals surface area contributed by atoms with Crippen molar-refractivity contribution in [1.82, 2.24) is 14.1 Å². The molecule has 10 nitrogen and oxygen atoms in total. The van der Waals surface area contributed by atoms with Gasteiger partial charge in [-0.2, -0.15) is 4.31 Å². The molecule has 0 aliphatic heterocycles. The number of H-pyrrole nitrogens is 1. The zero-order valence-electron chi connectivity index (χ0n) is 20.1. The lowest BCUT2D eigenvalue weighted by atomic mass is 10.2. The molecule has 0 aliphatic carbocycles. The number of nitrogens with zero attached hydrogens (tertiary/aromatic N) is 4. The van der Waals surface area contributed by atoms with E-state index in [1.807, 2.05) is 6.07 Å². The van der Waals surface area contributed by atoms with Crippen LogP contribution in [0.3, 0.4) is 0 Å². The Morgan fingerprint density at radius 3 is 2.41 bits per heavy atom. The van der Waals surface area contributed by atoms with Crippen LogP contribution in [0.25, 0.3) is 5.69 Å². The summed E-state index contributed by atoms with van der Waals surface area (Å²) in [6.45, 7) is 2.08. The summed E-state index contributed by atoms with van der Waals surface area (Å²) in [5, 5.41) is 11.5. The number of hydrogen-bond acceptors (Lipinski definition) is 7. The Bertz CT molecular complexity index is 1580. The van der Waals surface area contributed by atoms with Crippen LogP contribution < -0.4 is 16.0 Å². The van der Waals surface area contributed by atoms with Gasteiger partial charge in [-0.05, 0) is 42.0 Å². The minimum Gasteiger partial charge on any atom is -0.497 e. The first-order valence-electron chi connectivity index (χ1n) is 11.2. The summed E-state index contributed by atoms with van der Waals surface area (Å²) in [4.78, 5) is 12.8. The van der Waals surface area contributed by atoms with Crippen molar-refractivity contribution in [2.45, 2.75) is 18.4 Å². The second kappa shape index (κ2) is 11.0. The number of nitrogens with two attached hydrogens (primary N) is 1. The molecule has 0 fully saturated rings. The number of halogens is 1. The molecule has 0 radical (unpaired) electrons. The highest BCUT2D eigenvalue weighted by atomic mass is 35.5. The van der Waals surface area contributed by atoms with Crippen molar-refractivity contribution >= 4 is 38.8 Å². The van der Waals surface area contributed by atoms with Crippen molar-refractivity contribution in [3.05, 3.63) is 93.7 Å². The van der Waals surface area contributed by atoms with Gasteiger partial charge in [0.1, 0.15) is 22.2 Å². The van der Waals surface area contributed by atoms with E-state index in [0.29, 0.717) is 16.5 Å². The molecule has 0 bridgehead atoms. The summed E-state index contributed by atoms with van der Waals surface area (Å²) in [5.74, 6) is 0.361. The second-order valence-corrected chi connectivity index (χ2v) is 10.3. The van der Waals surface area contributed by atoms with Gasteiger partial charge in [-0.25, -0.2) is 13.1 Å². The molecular weight excluding hydrogens is 516 g/mol. The number of sulfonamides is 1. The molecule has 4 rings (SSSR count). The van der Waals surface area contributed by atoms with Crippen LogP contribution in [0.15, 0.2) is 92.7 Å². The highest BCUT2D eigenvalue weighted by Gasteiger charge is 2.27. The summed E-state index contributed by atoms with van der Waals surface area (Å²) in [6, 6.07) is 20.1. The standard InChI is InChI=1S/C25H25ClN6O4S/c1-3-31(16-17-9-11-18(26)12-10-17)37(34,35)22-14-13-20(36-2)15-21(22)28-29-23-24(27)30-32(25(23)33)19-7-5-4-6-8-19/h4-15,30H,3,16,27H2,1-2H3. The number of hydrogen-bond donors (Lipinski definition) is 2. The first-order chi connectivity index (χ1) is 17.7. The lowest BCUT2D eigenvalue weighted by Gasteiger charge is -2.21. The topological polar surface area (TPSA) is 135 Å². The van der Waals surface area contributed by atoms with Crippen molar-refractivity contribution in [3.8, 4) is 11.4 Å². The summed E-state index contributed by atoms with van der Waals surface area (Å²) in [5.41, 5.74) is 6.65. The Kier molecular flexibility index (Phi) is 7.77. The first kappa shape index (κ1) is 26.1. The quantitative estimate of drug-likeness (QED) is 0.287. The van der Waals surface area contributed by atoms with Crippen LogP contribution in [0.2, 0.25) is 5.02 Å². The fourth-order valence-electron chi connectivity index (χ4n) is 3.62. The number of aromatic nitrogens is 2. The lowest BCUT2D eigenvalue weighted by molar-refractivity contribution is 0.413. The van der Waals surface area contributed by atoms with Crippen LogP contribution >= 0.6 is 11.6 Å². The Labute approximate surface area is 219 Å². The molecule has 37 heavy (non-hydrogen) atoms. The molecule has 3 aromatic carbocycles. The van der Waals surface area contributed by atoms with Gasteiger partial charge in [-0.15, -0.1) is 10.2 Å². The van der Waals surface area contributed by atoms with Gasteiger partial charge in [0.2, 0.25) is 10.0 Å². The number of ether oxygens (including phenoxy) is 1. The molecule has 192 valence electrons. The zero-order valence-corrected chi connectivity index (χ0v) is 21.7. The number of benzene rings is 3. The predicted octanol–water partition coefficient (Wildman–Crippen LogP) is 5.04. The molecule has 0 saturated carbocycles. The highest BCUT2D eigenvalue weighted by Crippen LogP contribution is 2.33. The normalized spacial score (nSPS) is 11.9. The third-order valence-corrected chi connectivity index (χ3v) is 7.79. The van der Waals surface area contributed by atoms with Gasteiger partial charge in [-0.1, -0.05) is 48.9 Å². The molecule has 1 aromatic heterocycles. The maximum Gasteiger partial charge on any atom is 0.301 e. The molecule has 0 spiro atoms. The number of methoxy groups -OCH3 is 1. The number of para-hydroxylation sites is 1. The summed E-state index contributed by atoms with van der Waals surface area (Å²) < 4.78 is 35.1. The number of rotatable bonds is 9. The van der Waals surface area contributed by atoms with Crippen LogP contribution in [0.5, 0.6) is 5.75 Å². The largest absolute Gasteiger partial charge is 0.497 e.